The summed E-state index contributed by atoms with van der Waals surface area (Å²) in [5.74, 6) is 0. The third-order valence-electron chi connectivity index (χ3n) is 4.17. The average molecular weight is 196 g/mol. The Labute approximate surface area is 88.1 Å². The second kappa shape index (κ2) is 4.19. The quantitative estimate of drug-likeness (QED) is 0.727. The number of hydrogen-bond donors (Lipinski definition) is 1. The minimum absolute atomic E-state index is 0.502. The van der Waals surface area contributed by atoms with Gasteiger partial charge in [-0.05, 0) is 25.8 Å². The molecule has 2 rings (SSSR count). The number of piperazine rings is 1. The largest absolute Gasteiger partial charge is 0.308 e. The molecule has 1 spiro atoms. The van der Waals surface area contributed by atoms with Gasteiger partial charge in [0.15, 0.2) is 0 Å². The van der Waals surface area contributed by atoms with E-state index < -0.39 is 0 Å². The highest BCUT2D eigenvalue weighted by atomic mass is 15.2. The Morgan fingerprint density at radius 1 is 1.29 bits per heavy atom. The second-order valence-corrected chi connectivity index (χ2v) is 4.99. The first-order chi connectivity index (χ1) is 6.79. The first-order valence-corrected chi connectivity index (χ1v) is 6.29. The SMILES string of the molecule is CCC1CNC2(CCCC2)CN1CC. The molecule has 2 heteroatoms. The molecule has 0 radical (unpaired) electrons. The Balaban J connectivity index is 2.00. The van der Waals surface area contributed by atoms with E-state index in [0.717, 1.165) is 6.04 Å². The molecule has 2 fully saturated rings. The zero-order chi connectivity index (χ0) is 10.0. The summed E-state index contributed by atoms with van der Waals surface area (Å²) in [7, 11) is 0. The molecule has 1 atom stereocenters. The van der Waals surface area contributed by atoms with Gasteiger partial charge in [0.05, 0.1) is 0 Å². The first-order valence-electron chi connectivity index (χ1n) is 6.29. The zero-order valence-electron chi connectivity index (χ0n) is 9.68. The predicted molar refractivity (Wildman–Crippen MR) is 60.5 cm³/mol. The fraction of sp³-hybridized carbons (Fsp3) is 1.00. The van der Waals surface area contributed by atoms with Gasteiger partial charge in [-0.3, -0.25) is 4.90 Å². The summed E-state index contributed by atoms with van der Waals surface area (Å²) in [5.41, 5.74) is 0.502. The topological polar surface area (TPSA) is 15.3 Å². The molecular weight excluding hydrogens is 172 g/mol. The standard InChI is InChI=1S/C12H24N2/c1-3-11-9-13-12(7-5-6-8-12)10-14(11)4-2/h11,13H,3-10H2,1-2H3. The van der Waals surface area contributed by atoms with Gasteiger partial charge < -0.3 is 5.32 Å². The van der Waals surface area contributed by atoms with Crippen molar-refractivity contribution in [1.29, 1.82) is 0 Å². The molecule has 0 aromatic rings. The molecule has 82 valence electrons. The van der Waals surface area contributed by atoms with Gasteiger partial charge in [-0.25, -0.2) is 0 Å². The molecule has 2 aliphatic rings. The van der Waals surface area contributed by atoms with Crippen molar-refractivity contribution in [2.45, 2.75) is 57.5 Å². The van der Waals surface area contributed by atoms with Gasteiger partial charge in [0.1, 0.15) is 0 Å². The van der Waals surface area contributed by atoms with Crippen LogP contribution in [0.5, 0.6) is 0 Å². The van der Waals surface area contributed by atoms with Crippen LogP contribution in [0.15, 0.2) is 0 Å². The van der Waals surface area contributed by atoms with Crippen LogP contribution in [0.4, 0.5) is 0 Å². The van der Waals surface area contributed by atoms with E-state index in [4.69, 9.17) is 0 Å². The number of nitrogens with zero attached hydrogens (tertiary/aromatic N) is 1. The number of nitrogens with one attached hydrogen (secondary N) is 1. The molecule has 1 saturated carbocycles. The summed E-state index contributed by atoms with van der Waals surface area (Å²) in [5, 5.41) is 3.82. The lowest BCUT2D eigenvalue weighted by Gasteiger charge is -2.46. The summed E-state index contributed by atoms with van der Waals surface area (Å²) < 4.78 is 0. The molecule has 0 aromatic carbocycles. The van der Waals surface area contributed by atoms with E-state index in [0.29, 0.717) is 5.54 Å². The van der Waals surface area contributed by atoms with Crippen molar-refractivity contribution in [3.05, 3.63) is 0 Å². The molecule has 1 aliphatic heterocycles. The van der Waals surface area contributed by atoms with Crippen molar-refractivity contribution in [2.24, 2.45) is 0 Å². The Hall–Kier alpha value is -0.0800. The maximum atomic E-state index is 3.82. The van der Waals surface area contributed by atoms with E-state index >= 15 is 0 Å². The lowest BCUT2D eigenvalue weighted by atomic mass is 9.92. The first kappa shape index (κ1) is 10.4. The minimum atomic E-state index is 0.502. The van der Waals surface area contributed by atoms with E-state index in [1.807, 2.05) is 0 Å². The normalized spacial score (nSPS) is 32.6. The molecule has 0 aromatic heterocycles. The van der Waals surface area contributed by atoms with Crippen LogP contribution in [-0.2, 0) is 0 Å². The Morgan fingerprint density at radius 2 is 2.00 bits per heavy atom. The lowest BCUT2D eigenvalue weighted by Crippen LogP contribution is -2.62. The summed E-state index contributed by atoms with van der Waals surface area (Å²) in [6, 6.07) is 0.784. The maximum absolute atomic E-state index is 3.82. The molecule has 0 bridgehead atoms. The molecule has 1 unspecified atom stereocenters. The highest BCUT2D eigenvalue weighted by Gasteiger charge is 2.39. The molecule has 14 heavy (non-hydrogen) atoms. The van der Waals surface area contributed by atoms with Crippen LogP contribution in [0.2, 0.25) is 0 Å². The van der Waals surface area contributed by atoms with Crippen molar-refractivity contribution in [3.63, 3.8) is 0 Å². The molecule has 2 nitrogen and oxygen atoms in total. The van der Waals surface area contributed by atoms with Crippen LogP contribution in [0.25, 0.3) is 0 Å². The van der Waals surface area contributed by atoms with E-state index in [1.165, 1.54) is 51.7 Å². The number of hydrogen-bond acceptors (Lipinski definition) is 2. The summed E-state index contributed by atoms with van der Waals surface area (Å²) >= 11 is 0. The van der Waals surface area contributed by atoms with E-state index in [9.17, 15) is 0 Å². The Bertz CT molecular complexity index is 185. The van der Waals surface area contributed by atoms with Crippen molar-refractivity contribution in [2.75, 3.05) is 19.6 Å². The summed E-state index contributed by atoms with van der Waals surface area (Å²) in [6.07, 6.45) is 6.96. The van der Waals surface area contributed by atoms with Crippen LogP contribution < -0.4 is 5.32 Å². The highest BCUT2D eigenvalue weighted by molar-refractivity contribution is 5.00. The molecule has 0 amide bonds. The fourth-order valence-electron chi connectivity index (χ4n) is 3.20. The molecule has 1 heterocycles. The van der Waals surface area contributed by atoms with Crippen molar-refractivity contribution >= 4 is 0 Å². The lowest BCUT2D eigenvalue weighted by molar-refractivity contribution is 0.0835. The third-order valence-corrected chi connectivity index (χ3v) is 4.17. The maximum Gasteiger partial charge on any atom is 0.0309 e. The molecule has 1 saturated heterocycles. The Kier molecular flexibility index (Phi) is 3.13. The van der Waals surface area contributed by atoms with Crippen LogP contribution in [-0.4, -0.2) is 36.1 Å². The van der Waals surface area contributed by atoms with Gasteiger partial charge in [-0.15, -0.1) is 0 Å². The van der Waals surface area contributed by atoms with Gasteiger partial charge in [0.2, 0.25) is 0 Å². The van der Waals surface area contributed by atoms with Crippen LogP contribution in [0.1, 0.15) is 46.0 Å². The van der Waals surface area contributed by atoms with Crippen LogP contribution >= 0.6 is 0 Å². The van der Waals surface area contributed by atoms with Gasteiger partial charge in [0.25, 0.3) is 0 Å². The Morgan fingerprint density at radius 3 is 2.57 bits per heavy atom. The monoisotopic (exact) mass is 196 g/mol. The highest BCUT2D eigenvalue weighted by Crippen LogP contribution is 2.33. The minimum Gasteiger partial charge on any atom is -0.308 e. The molecule has 1 N–H and O–H groups in total. The van der Waals surface area contributed by atoms with Gasteiger partial charge >= 0.3 is 0 Å². The van der Waals surface area contributed by atoms with Gasteiger partial charge in [-0.2, -0.15) is 0 Å². The molecule has 1 aliphatic carbocycles. The summed E-state index contributed by atoms with van der Waals surface area (Å²) in [4.78, 5) is 2.68. The summed E-state index contributed by atoms with van der Waals surface area (Å²) in [6.45, 7) is 8.34. The second-order valence-electron chi connectivity index (χ2n) is 4.99. The van der Waals surface area contributed by atoms with Crippen LogP contribution in [0.3, 0.4) is 0 Å². The van der Waals surface area contributed by atoms with E-state index in [1.54, 1.807) is 0 Å². The molecular formula is C12H24N2. The number of rotatable bonds is 2. The average Bonchev–Trinajstić information content (AvgIpc) is 2.66. The smallest absolute Gasteiger partial charge is 0.0309 e. The van der Waals surface area contributed by atoms with Crippen molar-refractivity contribution in [3.8, 4) is 0 Å². The third kappa shape index (κ3) is 1.82. The van der Waals surface area contributed by atoms with Crippen molar-refractivity contribution in [1.82, 2.24) is 10.2 Å². The van der Waals surface area contributed by atoms with Crippen molar-refractivity contribution < 1.29 is 0 Å². The number of likely N-dealkylation sites (N-methyl/N-ethyl adjacent to an activating group) is 1. The predicted octanol–water partition coefficient (Wildman–Crippen LogP) is 2.00. The van der Waals surface area contributed by atoms with Gasteiger partial charge in [-0.1, -0.05) is 26.7 Å². The van der Waals surface area contributed by atoms with Crippen LogP contribution in [0, 0.1) is 0 Å². The zero-order valence-corrected chi connectivity index (χ0v) is 9.68. The van der Waals surface area contributed by atoms with E-state index in [2.05, 4.69) is 24.1 Å². The van der Waals surface area contributed by atoms with E-state index in [-0.39, 0.29) is 0 Å². The fourth-order valence-corrected chi connectivity index (χ4v) is 3.20. The van der Waals surface area contributed by atoms with Gasteiger partial charge in [0, 0.05) is 24.7 Å².